The predicted molar refractivity (Wildman–Crippen MR) is 76.1 cm³/mol. The molecule has 0 unspecified atom stereocenters. The molecule has 0 atom stereocenters. The summed E-state index contributed by atoms with van der Waals surface area (Å²) in [5.74, 6) is -0.352. The van der Waals surface area contributed by atoms with Crippen LogP contribution in [0.2, 0.25) is 5.02 Å². The van der Waals surface area contributed by atoms with E-state index >= 15 is 0 Å². The van der Waals surface area contributed by atoms with Crippen molar-refractivity contribution in [2.24, 2.45) is 0 Å². The van der Waals surface area contributed by atoms with Crippen molar-refractivity contribution in [3.63, 3.8) is 0 Å². The van der Waals surface area contributed by atoms with Gasteiger partial charge in [0, 0.05) is 22.7 Å². The molecule has 8 heteroatoms. The molecule has 1 aromatic carbocycles. The van der Waals surface area contributed by atoms with Crippen LogP contribution in [-0.4, -0.2) is 15.8 Å². The van der Waals surface area contributed by atoms with Crippen molar-refractivity contribution in [2.75, 3.05) is 0 Å². The van der Waals surface area contributed by atoms with Crippen molar-refractivity contribution in [1.82, 2.24) is 10.3 Å². The fourth-order valence-corrected chi connectivity index (χ4v) is 2.51. The molecular weight excluding hydrogens is 302 g/mol. The molecule has 0 aliphatic rings. The number of benzene rings is 1. The summed E-state index contributed by atoms with van der Waals surface area (Å²) in [5.41, 5.74) is 0.0487. The standard InChI is InChI=1S/C12H10ClN3O3S/c1-7-5-14-11(20-7)6-15-12(17)8-2-3-10(16(18)19)9(13)4-8/h2-5H,6H2,1H3,(H,15,17). The van der Waals surface area contributed by atoms with E-state index in [0.29, 0.717) is 6.54 Å². The van der Waals surface area contributed by atoms with Crippen LogP contribution in [0.1, 0.15) is 20.2 Å². The lowest BCUT2D eigenvalue weighted by Gasteiger charge is -2.04. The van der Waals surface area contributed by atoms with Gasteiger partial charge in [-0.25, -0.2) is 4.98 Å². The lowest BCUT2D eigenvalue weighted by Crippen LogP contribution is -2.22. The van der Waals surface area contributed by atoms with E-state index in [4.69, 9.17) is 11.6 Å². The van der Waals surface area contributed by atoms with Gasteiger partial charge in [-0.05, 0) is 19.1 Å². The molecule has 6 nitrogen and oxygen atoms in total. The summed E-state index contributed by atoms with van der Waals surface area (Å²) in [4.78, 5) is 27.1. The van der Waals surface area contributed by atoms with Crippen LogP contribution in [0, 0.1) is 17.0 Å². The van der Waals surface area contributed by atoms with E-state index in [1.165, 1.54) is 29.5 Å². The first-order chi connectivity index (χ1) is 9.47. The molecule has 0 bridgehead atoms. The topological polar surface area (TPSA) is 85.1 Å². The van der Waals surface area contributed by atoms with Crippen LogP contribution in [0.15, 0.2) is 24.4 Å². The Morgan fingerprint density at radius 3 is 2.85 bits per heavy atom. The average molecular weight is 312 g/mol. The molecule has 0 aliphatic heterocycles. The van der Waals surface area contributed by atoms with E-state index < -0.39 is 4.92 Å². The normalized spacial score (nSPS) is 10.3. The highest BCUT2D eigenvalue weighted by Gasteiger charge is 2.15. The molecule has 0 aliphatic carbocycles. The van der Waals surface area contributed by atoms with Crippen molar-refractivity contribution in [3.05, 3.63) is 55.0 Å². The first kappa shape index (κ1) is 14.4. The molecule has 2 aromatic rings. The third-order valence-electron chi connectivity index (χ3n) is 2.48. The molecule has 2 rings (SSSR count). The molecule has 0 spiro atoms. The number of aryl methyl sites for hydroxylation is 1. The highest BCUT2D eigenvalue weighted by molar-refractivity contribution is 7.11. The molecule has 20 heavy (non-hydrogen) atoms. The third kappa shape index (κ3) is 3.31. The Labute approximate surface area is 123 Å². The summed E-state index contributed by atoms with van der Waals surface area (Å²) in [6.45, 7) is 2.24. The number of hydrogen-bond donors (Lipinski definition) is 1. The molecule has 1 aromatic heterocycles. The molecule has 0 fully saturated rings. The van der Waals surface area contributed by atoms with Gasteiger partial charge in [0.25, 0.3) is 11.6 Å². The lowest BCUT2D eigenvalue weighted by molar-refractivity contribution is -0.384. The number of hydrogen-bond acceptors (Lipinski definition) is 5. The predicted octanol–water partition coefficient (Wildman–Crippen LogP) is 2.94. The van der Waals surface area contributed by atoms with E-state index in [9.17, 15) is 14.9 Å². The Bertz CT molecular complexity index is 672. The molecule has 0 saturated heterocycles. The first-order valence-electron chi connectivity index (χ1n) is 5.61. The van der Waals surface area contributed by atoms with Gasteiger partial charge in [0.2, 0.25) is 0 Å². The van der Waals surface area contributed by atoms with Crippen LogP contribution in [0.25, 0.3) is 0 Å². The Morgan fingerprint density at radius 2 is 2.30 bits per heavy atom. The Balaban J connectivity index is 2.06. The van der Waals surface area contributed by atoms with Crippen LogP contribution >= 0.6 is 22.9 Å². The van der Waals surface area contributed by atoms with E-state index in [-0.39, 0.29) is 22.2 Å². The maximum atomic E-state index is 11.9. The second kappa shape index (κ2) is 5.98. The smallest absolute Gasteiger partial charge is 0.287 e. The number of amides is 1. The number of nitro groups is 1. The van der Waals surface area contributed by atoms with Crippen molar-refractivity contribution in [1.29, 1.82) is 0 Å². The van der Waals surface area contributed by atoms with Crippen LogP contribution < -0.4 is 5.32 Å². The number of nitro benzene ring substituents is 1. The fraction of sp³-hybridized carbons (Fsp3) is 0.167. The van der Waals surface area contributed by atoms with Gasteiger partial charge < -0.3 is 5.32 Å². The molecule has 104 valence electrons. The molecule has 1 amide bonds. The van der Waals surface area contributed by atoms with E-state index in [1.54, 1.807) is 6.20 Å². The van der Waals surface area contributed by atoms with Crippen molar-refractivity contribution in [2.45, 2.75) is 13.5 Å². The van der Waals surface area contributed by atoms with Gasteiger partial charge in [-0.2, -0.15) is 0 Å². The minimum absolute atomic E-state index is 0.0623. The largest absolute Gasteiger partial charge is 0.346 e. The van der Waals surface area contributed by atoms with Gasteiger partial charge in [-0.3, -0.25) is 14.9 Å². The highest BCUT2D eigenvalue weighted by atomic mass is 35.5. The van der Waals surface area contributed by atoms with Gasteiger partial charge in [-0.1, -0.05) is 11.6 Å². The average Bonchev–Trinajstić information content (AvgIpc) is 2.81. The van der Waals surface area contributed by atoms with E-state index in [0.717, 1.165) is 9.88 Å². The maximum Gasteiger partial charge on any atom is 0.287 e. The number of nitrogens with one attached hydrogen (secondary N) is 1. The van der Waals surface area contributed by atoms with E-state index in [2.05, 4.69) is 10.3 Å². The summed E-state index contributed by atoms with van der Waals surface area (Å²) < 4.78 is 0. The Kier molecular flexibility index (Phi) is 4.31. The molecule has 1 N–H and O–H groups in total. The molecule has 0 saturated carbocycles. The lowest BCUT2D eigenvalue weighted by atomic mass is 10.2. The second-order valence-corrected chi connectivity index (χ2v) is 5.70. The minimum atomic E-state index is -0.595. The zero-order chi connectivity index (χ0) is 14.7. The van der Waals surface area contributed by atoms with Gasteiger partial charge in [0.1, 0.15) is 10.0 Å². The third-order valence-corrected chi connectivity index (χ3v) is 3.69. The molecule has 1 heterocycles. The first-order valence-corrected chi connectivity index (χ1v) is 6.80. The van der Waals surface area contributed by atoms with Gasteiger partial charge in [-0.15, -0.1) is 11.3 Å². The monoisotopic (exact) mass is 311 g/mol. The quantitative estimate of drug-likeness (QED) is 0.695. The van der Waals surface area contributed by atoms with E-state index in [1.807, 2.05) is 6.92 Å². The van der Waals surface area contributed by atoms with Gasteiger partial charge in [0.15, 0.2) is 0 Å². The van der Waals surface area contributed by atoms with Crippen LogP contribution in [0.5, 0.6) is 0 Å². The fourth-order valence-electron chi connectivity index (χ4n) is 1.54. The Hall–Kier alpha value is -1.99. The summed E-state index contributed by atoms with van der Waals surface area (Å²) in [5, 5.41) is 14.0. The number of nitrogens with zero attached hydrogens (tertiary/aromatic N) is 2. The van der Waals surface area contributed by atoms with Crippen molar-refractivity contribution in [3.8, 4) is 0 Å². The number of carbonyl (C=O) groups excluding carboxylic acids is 1. The maximum absolute atomic E-state index is 11.9. The zero-order valence-electron chi connectivity index (χ0n) is 10.4. The van der Waals surface area contributed by atoms with Crippen molar-refractivity contribution >= 4 is 34.5 Å². The minimum Gasteiger partial charge on any atom is -0.346 e. The SMILES string of the molecule is Cc1cnc(CNC(=O)c2ccc([N+](=O)[O-])c(Cl)c2)s1. The molecular formula is C12H10ClN3O3S. The highest BCUT2D eigenvalue weighted by Crippen LogP contribution is 2.24. The summed E-state index contributed by atoms with van der Waals surface area (Å²) in [7, 11) is 0. The van der Waals surface area contributed by atoms with Crippen LogP contribution in [0.4, 0.5) is 5.69 Å². The van der Waals surface area contributed by atoms with Crippen molar-refractivity contribution < 1.29 is 9.72 Å². The Morgan fingerprint density at radius 1 is 1.55 bits per heavy atom. The number of rotatable bonds is 4. The number of carbonyl (C=O) groups is 1. The van der Waals surface area contributed by atoms with Gasteiger partial charge >= 0.3 is 0 Å². The summed E-state index contributed by atoms with van der Waals surface area (Å²) in [6.07, 6.45) is 1.73. The van der Waals surface area contributed by atoms with Crippen LogP contribution in [0.3, 0.4) is 0 Å². The van der Waals surface area contributed by atoms with Gasteiger partial charge in [0.05, 0.1) is 11.5 Å². The summed E-state index contributed by atoms with van der Waals surface area (Å²) >= 11 is 7.25. The number of aromatic nitrogens is 1. The number of thiazole rings is 1. The van der Waals surface area contributed by atoms with Crippen LogP contribution in [-0.2, 0) is 6.54 Å². The molecule has 0 radical (unpaired) electrons. The summed E-state index contributed by atoms with van der Waals surface area (Å²) in [6, 6.07) is 3.86. The second-order valence-electron chi connectivity index (χ2n) is 3.97. The zero-order valence-corrected chi connectivity index (χ0v) is 12.0. The number of halogens is 1.